The first kappa shape index (κ1) is 13.5. The minimum Gasteiger partial charge on any atom is -0.393 e. The molecule has 1 fully saturated rings. The number of aliphatic hydroxyl groups excluding tert-OH is 1. The molecule has 5 nitrogen and oxygen atoms in total. The van der Waals surface area contributed by atoms with Gasteiger partial charge in [-0.3, -0.25) is 4.90 Å². The molecule has 0 saturated carbocycles. The summed E-state index contributed by atoms with van der Waals surface area (Å²) in [6.07, 6.45) is 0.868. The lowest BCUT2D eigenvalue weighted by Gasteiger charge is -2.17. The van der Waals surface area contributed by atoms with Crippen LogP contribution in [0.25, 0.3) is 0 Å². The summed E-state index contributed by atoms with van der Waals surface area (Å²) < 4.78 is 2.10. The van der Waals surface area contributed by atoms with Gasteiger partial charge < -0.3 is 9.67 Å². The monoisotopic (exact) mass is 252 g/mol. The Balaban J connectivity index is 1.99. The second-order valence-corrected chi connectivity index (χ2v) is 5.71. The number of nitrogens with zero attached hydrogens (tertiary/aromatic N) is 4. The highest BCUT2D eigenvalue weighted by atomic mass is 16.3. The van der Waals surface area contributed by atoms with Gasteiger partial charge in [-0.1, -0.05) is 13.8 Å². The molecule has 1 aliphatic heterocycles. The third-order valence-electron chi connectivity index (χ3n) is 3.87. The van der Waals surface area contributed by atoms with E-state index in [9.17, 15) is 5.11 Å². The molecule has 1 N–H and O–H groups in total. The fourth-order valence-corrected chi connectivity index (χ4v) is 2.62. The number of likely N-dealkylation sites (tertiary alicyclic amines) is 1. The first-order chi connectivity index (χ1) is 8.49. The van der Waals surface area contributed by atoms with Gasteiger partial charge in [-0.15, -0.1) is 10.2 Å². The molecule has 2 unspecified atom stereocenters. The molecule has 102 valence electrons. The van der Waals surface area contributed by atoms with Crippen LogP contribution < -0.4 is 0 Å². The molecule has 2 rings (SSSR count). The summed E-state index contributed by atoms with van der Waals surface area (Å²) in [5.74, 6) is 2.86. The Kier molecular flexibility index (Phi) is 4.02. The van der Waals surface area contributed by atoms with Gasteiger partial charge in [0.1, 0.15) is 11.6 Å². The van der Waals surface area contributed by atoms with Crippen LogP contribution in [0.3, 0.4) is 0 Å². The van der Waals surface area contributed by atoms with Crippen LogP contribution in [0.4, 0.5) is 0 Å². The second-order valence-electron chi connectivity index (χ2n) is 5.71. The molecule has 2 atom stereocenters. The van der Waals surface area contributed by atoms with E-state index in [-0.39, 0.29) is 6.10 Å². The van der Waals surface area contributed by atoms with Gasteiger partial charge in [-0.05, 0) is 25.8 Å². The van der Waals surface area contributed by atoms with Crippen LogP contribution in [0.1, 0.15) is 44.8 Å². The molecule has 18 heavy (non-hydrogen) atoms. The molecule has 0 spiro atoms. The predicted molar refractivity (Wildman–Crippen MR) is 70.2 cm³/mol. The van der Waals surface area contributed by atoms with E-state index in [1.165, 1.54) is 0 Å². The Morgan fingerprint density at radius 1 is 1.33 bits per heavy atom. The van der Waals surface area contributed by atoms with Crippen molar-refractivity contribution in [3.8, 4) is 0 Å². The average Bonchev–Trinajstić information content (AvgIpc) is 2.87. The number of aromatic nitrogens is 3. The molecule has 2 heterocycles. The predicted octanol–water partition coefficient (Wildman–Crippen LogP) is 1.14. The molecule has 1 saturated heterocycles. The van der Waals surface area contributed by atoms with Crippen molar-refractivity contribution >= 4 is 0 Å². The minimum absolute atomic E-state index is 0.208. The van der Waals surface area contributed by atoms with Crippen molar-refractivity contribution in [2.24, 2.45) is 13.0 Å². The summed E-state index contributed by atoms with van der Waals surface area (Å²) in [6.45, 7) is 8.98. The third kappa shape index (κ3) is 2.72. The Morgan fingerprint density at radius 2 is 2.06 bits per heavy atom. The van der Waals surface area contributed by atoms with E-state index >= 15 is 0 Å². The van der Waals surface area contributed by atoms with Crippen LogP contribution in [0.2, 0.25) is 0 Å². The minimum atomic E-state index is -0.208. The molecular weight excluding hydrogens is 228 g/mol. The number of rotatable bonds is 4. The van der Waals surface area contributed by atoms with E-state index in [0.717, 1.165) is 37.7 Å². The van der Waals surface area contributed by atoms with E-state index < -0.39 is 0 Å². The molecule has 0 radical (unpaired) electrons. The molecule has 0 bridgehead atoms. The molecule has 5 heteroatoms. The van der Waals surface area contributed by atoms with Gasteiger partial charge in [-0.25, -0.2) is 0 Å². The Labute approximate surface area is 109 Å². The zero-order valence-corrected chi connectivity index (χ0v) is 11.8. The topological polar surface area (TPSA) is 54.2 Å². The van der Waals surface area contributed by atoms with Gasteiger partial charge in [0.15, 0.2) is 0 Å². The van der Waals surface area contributed by atoms with Crippen LogP contribution >= 0.6 is 0 Å². The van der Waals surface area contributed by atoms with Crippen LogP contribution in [0.15, 0.2) is 0 Å². The summed E-state index contributed by atoms with van der Waals surface area (Å²) in [5.41, 5.74) is 0. The van der Waals surface area contributed by atoms with Crippen molar-refractivity contribution in [2.75, 3.05) is 13.1 Å². The SMILES string of the molecule is CC(C)c1nnc(CN2CCC(C(C)O)C2)n1C. The van der Waals surface area contributed by atoms with Crippen LogP contribution in [-0.2, 0) is 13.6 Å². The highest BCUT2D eigenvalue weighted by Gasteiger charge is 2.27. The first-order valence-corrected chi connectivity index (χ1v) is 6.77. The summed E-state index contributed by atoms with van der Waals surface area (Å²) in [7, 11) is 2.03. The molecule has 0 amide bonds. The number of hydrogen-bond donors (Lipinski definition) is 1. The van der Waals surface area contributed by atoms with E-state index in [0.29, 0.717) is 11.8 Å². The van der Waals surface area contributed by atoms with Crippen molar-refractivity contribution in [3.63, 3.8) is 0 Å². The van der Waals surface area contributed by atoms with Crippen molar-refractivity contribution in [1.29, 1.82) is 0 Å². The largest absolute Gasteiger partial charge is 0.393 e. The van der Waals surface area contributed by atoms with Crippen LogP contribution in [-0.4, -0.2) is 44.0 Å². The standard InChI is InChI=1S/C13H24N4O/c1-9(2)13-15-14-12(16(13)4)8-17-6-5-11(7-17)10(3)18/h9-11,18H,5-8H2,1-4H3. The zero-order valence-electron chi connectivity index (χ0n) is 11.8. The molecule has 0 aromatic carbocycles. The maximum Gasteiger partial charge on any atom is 0.146 e. The van der Waals surface area contributed by atoms with Crippen molar-refractivity contribution in [2.45, 2.75) is 45.8 Å². The normalized spacial score (nSPS) is 22.9. The van der Waals surface area contributed by atoms with Crippen molar-refractivity contribution in [1.82, 2.24) is 19.7 Å². The highest BCUT2D eigenvalue weighted by molar-refractivity contribution is 4.99. The second kappa shape index (κ2) is 5.36. The Morgan fingerprint density at radius 3 is 2.56 bits per heavy atom. The maximum absolute atomic E-state index is 9.61. The third-order valence-corrected chi connectivity index (χ3v) is 3.87. The van der Waals surface area contributed by atoms with Gasteiger partial charge in [0.05, 0.1) is 12.6 Å². The van der Waals surface area contributed by atoms with E-state index in [1.54, 1.807) is 0 Å². The summed E-state index contributed by atoms with van der Waals surface area (Å²) in [6, 6.07) is 0. The Hall–Kier alpha value is -0.940. The molecular formula is C13H24N4O. The van der Waals surface area contributed by atoms with Gasteiger partial charge in [0.2, 0.25) is 0 Å². The number of aliphatic hydroxyl groups is 1. The van der Waals surface area contributed by atoms with E-state index in [2.05, 4.69) is 33.5 Å². The summed E-state index contributed by atoms with van der Waals surface area (Å²) in [5, 5.41) is 18.1. The number of hydrogen-bond acceptors (Lipinski definition) is 4. The Bertz CT molecular complexity index is 400. The van der Waals surface area contributed by atoms with Gasteiger partial charge in [0, 0.05) is 19.5 Å². The average molecular weight is 252 g/mol. The summed E-state index contributed by atoms with van der Waals surface area (Å²) in [4.78, 5) is 2.35. The maximum atomic E-state index is 9.61. The zero-order chi connectivity index (χ0) is 13.3. The molecule has 1 aromatic rings. The highest BCUT2D eigenvalue weighted by Crippen LogP contribution is 2.21. The van der Waals surface area contributed by atoms with Gasteiger partial charge in [0.25, 0.3) is 0 Å². The molecule has 0 aliphatic carbocycles. The first-order valence-electron chi connectivity index (χ1n) is 6.77. The van der Waals surface area contributed by atoms with Crippen LogP contribution in [0, 0.1) is 5.92 Å². The van der Waals surface area contributed by atoms with Crippen LogP contribution in [0.5, 0.6) is 0 Å². The van der Waals surface area contributed by atoms with E-state index in [4.69, 9.17) is 0 Å². The quantitative estimate of drug-likeness (QED) is 0.873. The van der Waals surface area contributed by atoms with Crippen molar-refractivity contribution < 1.29 is 5.11 Å². The molecule has 1 aliphatic rings. The van der Waals surface area contributed by atoms with Gasteiger partial charge >= 0.3 is 0 Å². The lowest BCUT2D eigenvalue weighted by molar-refractivity contribution is 0.127. The lowest BCUT2D eigenvalue weighted by Crippen LogP contribution is -2.25. The fraction of sp³-hybridized carbons (Fsp3) is 0.846. The summed E-state index contributed by atoms with van der Waals surface area (Å²) >= 11 is 0. The molecule has 1 aromatic heterocycles. The lowest BCUT2D eigenvalue weighted by atomic mass is 10.0. The van der Waals surface area contributed by atoms with Crippen molar-refractivity contribution in [3.05, 3.63) is 11.6 Å². The van der Waals surface area contributed by atoms with Gasteiger partial charge in [-0.2, -0.15) is 0 Å². The smallest absolute Gasteiger partial charge is 0.146 e. The fourth-order valence-electron chi connectivity index (χ4n) is 2.62. The van der Waals surface area contributed by atoms with E-state index in [1.807, 2.05) is 14.0 Å².